The van der Waals surface area contributed by atoms with Crippen LogP contribution in [0.15, 0.2) is 0 Å². The molecule has 0 aromatic carbocycles. The predicted octanol–water partition coefficient (Wildman–Crippen LogP) is -4.20. The van der Waals surface area contributed by atoms with Crippen molar-refractivity contribution in [2.75, 3.05) is 0 Å². The summed E-state index contributed by atoms with van der Waals surface area (Å²) in [6.07, 6.45) is 0. The van der Waals surface area contributed by atoms with Crippen LogP contribution in [0.25, 0.3) is 0 Å². The maximum Gasteiger partial charge on any atom is 0.345 e. The number of carboxylic acids is 2. The number of carboxylic acid groups (broad SMARTS) is 2. The molecule has 0 saturated heterocycles. The van der Waals surface area contributed by atoms with E-state index in [1.807, 2.05) is 0 Å². The van der Waals surface area contributed by atoms with E-state index in [1.165, 1.54) is 0 Å². The second-order valence-electron chi connectivity index (χ2n) is 1.82. The van der Waals surface area contributed by atoms with E-state index in [9.17, 15) is 28.6 Å². The first-order chi connectivity index (χ1) is 5.14. The summed E-state index contributed by atoms with van der Waals surface area (Å²) in [6.45, 7) is 0. The van der Waals surface area contributed by atoms with E-state index in [-0.39, 0.29) is 0 Å². The Morgan fingerprint density at radius 1 is 1.08 bits per heavy atom. The number of carbonyl (C=O) groups is 2. The van der Waals surface area contributed by atoms with Gasteiger partial charge in [-0.25, -0.2) is 0 Å². The Labute approximate surface area is 63.7 Å². The molecule has 0 atom stereocenters. The first-order valence-corrected chi connectivity index (χ1v) is 2.39. The fraction of sp³-hybridized carbons (Fsp3) is 0.500. The Morgan fingerprint density at radius 2 is 1.42 bits per heavy atom. The van der Waals surface area contributed by atoms with Crippen LogP contribution >= 0.6 is 0 Å². The van der Waals surface area contributed by atoms with Crippen LogP contribution < -0.4 is 10.2 Å². The minimum atomic E-state index is -5.33. The van der Waals surface area contributed by atoms with Gasteiger partial charge in [-0.15, -0.1) is 0 Å². The van der Waals surface area contributed by atoms with Crippen LogP contribution in [0.4, 0.5) is 8.78 Å². The summed E-state index contributed by atoms with van der Waals surface area (Å²) in [4.78, 5) is 19.1. The molecule has 0 aliphatic carbocycles. The quantitative estimate of drug-likeness (QED) is 0.429. The molecule has 2 N–H and O–H groups in total. The zero-order valence-electron chi connectivity index (χ0n) is 5.28. The Hall–Kier alpha value is -1.28. The number of aliphatic hydroxyl groups is 2. The van der Waals surface area contributed by atoms with Crippen molar-refractivity contribution in [2.24, 2.45) is 0 Å². The topological polar surface area (TPSA) is 121 Å². The fourth-order valence-corrected chi connectivity index (χ4v) is 0.271. The van der Waals surface area contributed by atoms with Crippen molar-refractivity contribution in [1.82, 2.24) is 0 Å². The van der Waals surface area contributed by atoms with Gasteiger partial charge in [0.05, 0.1) is 0 Å². The smallest absolute Gasteiger partial charge is 0.345 e. The van der Waals surface area contributed by atoms with Crippen LogP contribution in [0.3, 0.4) is 0 Å². The van der Waals surface area contributed by atoms with E-state index in [0.29, 0.717) is 0 Å². The average molecular weight is 184 g/mol. The summed E-state index contributed by atoms with van der Waals surface area (Å²) in [5.74, 6) is -16.4. The molecule has 0 aromatic rings. The largest absolute Gasteiger partial charge is 0.544 e. The van der Waals surface area contributed by atoms with Crippen molar-refractivity contribution >= 4 is 11.9 Å². The van der Waals surface area contributed by atoms with Gasteiger partial charge in [0.2, 0.25) is 0 Å². The fourth-order valence-electron chi connectivity index (χ4n) is 0.271. The molecule has 0 rings (SSSR count). The number of carbonyl (C=O) groups excluding carboxylic acids is 2. The van der Waals surface area contributed by atoms with Crippen molar-refractivity contribution in [3.63, 3.8) is 0 Å². The number of hydrogen-bond acceptors (Lipinski definition) is 6. The van der Waals surface area contributed by atoms with Gasteiger partial charge in [-0.2, -0.15) is 8.78 Å². The lowest BCUT2D eigenvalue weighted by atomic mass is 10.1. The lowest BCUT2D eigenvalue weighted by Crippen LogP contribution is -2.66. The van der Waals surface area contributed by atoms with Gasteiger partial charge < -0.3 is 30.0 Å². The maximum absolute atomic E-state index is 12.0. The van der Waals surface area contributed by atoms with Crippen LogP contribution in [0.2, 0.25) is 0 Å². The molecule has 8 heteroatoms. The van der Waals surface area contributed by atoms with Gasteiger partial charge >= 0.3 is 5.92 Å². The minimum Gasteiger partial charge on any atom is -0.544 e. The Bertz CT molecular complexity index is 198. The molecule has 0 radical (unpaired) electrons. The van der Waals surface area contributed by atoms with Gasteiger partial charge in [0, 0.05) is 0 Å². The molecular weight excluding hydrogens is 182 g/mol. The lowest BCUT2D eigenvalue weighted by Gasteiger charge is -2.31. The van der Waals surface area contributed by atoms with Crippen LogP contribution in [0.1, 0.15) is 0 Å². The number of rotatable bonds is 3. The standard InChI is InChI=1S/C4H4F2O6/c5-3(6,1(7)8)4(11,12)2(9)10/h11-12H,(H,7,8)(H,9,10)/p-2. The van der Waals surface area contributed by atoms with Gasteiger partial charge in [0.15, 0.2) is 0 Å². The van der Waals surface area contributed by atoms with E-state index in [2.05, 4.69) is 0 Å². The van der Waals surface area contributed by atoms with Crippen molar-refractivity contribution < 1.29 is 38.8 Å². The highest BCUT2D eigenvalue weighted by molar-refractivity contribution is 5.85. The van der Waals surface area contributed by atoms with Gasteiger partial charge in [0.25, 0.3) is 5.79 Å². The summed E-state index contributed by atoms with van der Waals surface area (Å²) in [5.41, 5.74) is 0. The van der Waals surface area contributed by atoms with Gasteiger partial charge in [-0.3, -0.25) is 0 Å². The average Bonchev–Trinajstić information content (AvgIpc) is 1.86. The highest BCUT2D eigenvalue weighted by atomic mass is 19.3. The van der Waals surface area contributed by atoms with Crippen LogP contribution in [-0.2, 0) is 9.59 Å². The SMILES string of the molecule is O=C([O-])C(O)(O)C(F)(F)C(=O)[O-]. The normalized spacial score (nSPS) is 12.7. The van der Waals surface area contributed by atoms with E-state index < -0.39 is 23.6 Å². The molecule has 70 valence electrons. The summed E-state index contributed by atoms with van der Waals surface area (Å²) in [7, 11) is 0. The summed E-state index contributed by atoms with van der Waals surface area (Å²) in [6, 6.07) is 0. The molecule has 0 unspecified atom stereocenters. The van der Waals surface area contributed by atoms with Crippen molar-refractivity contribution in [1.29, 1.82) is 0 Å². The first-order valence-electron chi connectivity index (χ1n) is 2.39. The molecule has 0 aliphatic rings. The maximum atomic E-state index is 12.0. The monoisotopic (exact) mass is 184 g/mol. The Balaban J connectivity index is 5.01. The molecule has 0 aliphatic heterocycles. The Morgan fingerprint density at radius 3 is 1.50 bits per heavy atom. The molecule has 0 heterocycles. The number of alkyl halides is 2. The molecule has 0 spiro atoms. The lowest BCUT2D eigenvalue weighted by molar-refractivity contribution is -0.394. The van der Waals surface area contributed by atoms with E-state index >= 15 is 0 Å². The molecule has 12 heavy (non-hydrogen) atoms. The van der Waals surface area contributed by atoms with Crippen LogP contribution in [0, 0.1) is 0 Å². The Kier molecular flexibility index (Phi) is 2.36. The van der Waals surface area contributed by atoms with E-state index in [0.717, 1.165) is 0 Å². The minimum absolute atomic E-state index is 3.03. The van der Waals surface area contributed by atoms with Crippen LogP contribution in [-0.4, -0.2) is 33.9 Å². The molecule has 6 nitrogen and oxygen atoms in total. The van der Waals surface area contributed by atoms with Gasteiger partial charge in [0.1, 0.15) is 11.9 Å². The third-order valence-corrected chi connectivity index (χ3v) is 0.979. The molecule has 0 saturated carbocycles. The molecular formula is C4H2F2O6-2. The summed E-state index contributed by atoms with van der Waals surface area (Å²) < 4.78 is 24.0. The van der Waals surface area contributed by atoms with Crippen molar-refractivity contribution in [2.45, 2.75) is 11.7 Å². The number of halogens is 2. The predicted molar refractivity (Wildman–Crippen MR) is 22.1 cm³/mol. The molecule has 0 bridgehead atoms. The van der Waals surface area contributed by atoms with Crippen molar-refractivity contribution in [3.05, 3.63) is 0 Å². The van der Waals surface area contributed by atoms with Crippen LogP contribution in [0.5, 0.6) is 0 Å². The third kappa shape index (κ3) is 1.34. The van der Waals surface area contributed by atoms with E-state index in [4.69, 9.17) is 10.2 Å². The van der Waals surface area contributed by atoms with E-state index in [1.54, 1.807) is 0 Å². The molecule has 0 fully saturated rings. The number of aliphatic carboxylic acids is 2. The second kappa shape index (κ2) is 2.64. The number of hydrogen-bond donors (Lipinski definition) is 2. The van der Waals surface area contributed by atoms with Gasteiger partial charge in [-0.05, 0) is 0 Å². The third-order valence-electron chi connectivity index (χ3n) is 0.979. The molecule has 0 amide bonds. The summed E-state index contributed by atoms with van der Waals surface area (Å²) >= 11 is 0. The summed E-state index contributed by atoms with van der Waals surface area (Å²) in [5, 5.41) is 35.1. The second-order valence-corrected chi connectivity index (χ2v) is 1.82. The zero-order valence-corrected chi connectivity index (χ0v) is 5.28. The van der Waals surface area contributed by atoms with Crippen molar-refractivity contribution in [3.8, 4) is 0 Å². The first kappa shape index (κ1) is 10.7. The highest BCUT2D eigenvalue weighted by Crippen LogP contribution is 2.25. The highest BCUT2D eigenvalue weighted by Gasteiger charge is 2.54. The molecule has 0 aromatic heterocycles. The van der Waals surface area contributed by atoms with Gasteiger partial charge in [-0.1, -0.05) is 0 Å². The zero-order chi connectivity index (χ0) is 10.2.